The SMILES string of the molecule is CC1COC(CO)CN1Cc1ccc(Cl)cc1F. The normalized spacial score (nSPS) is 25.3. The monoisotopic (exact) mass is 273 g/mol. The van der Waals surface area contributed by atoms with Crippen LogP contribution in [0.5, 0.6) is 0 Å². The molecule has 1 aliphatic heterocycles. The second-order valence-corrected chi connectivity index (χ2v) is 5.09. The fraction of sp³-hybridized carbons (Fsp3) is 0.538. The van der Waals surface area contributed by atoms with Crippen LogP contribution in [-0.4, -0.2) is 41.9 Å². The summed E-state index contributed by atoms with van der Waals surface area (Å²) in [6.45, 7) is 3.69. The van der Waals surface area contributed by atoms with Crippen molar-refractivity contribution in [3.63, 3.8) is 0 Å². The Hall–Kier alpha value is -0.680. The lowest BCUT2D eigenvalue weighted by molar-refractivity contribution is -0.0807. The van der Waals surface area contributed by atoms with Crippen molar-refractivity contribution in [2.24, 2.45) is 0 Å². The van der Waals surface area contributed by atoms with Gasteiger partial charge >= 0.3 is 0 Å². The minimum absolute atomic E-state index is 0.00762. The van der Waals surface area contributed by atoms with E-state index in [1.807, 2.05) is 6.92 Å². The highest BCUT2D eigenvalue weighted by atomic mass is 35.5. The molecule has 100 valence electrons. The van der Waals surface area contributed by atoms with Gasteiger partial charge in [-0.25, -0.2) is 4.39 Å². The number of benzene rings is 1. The molecule has 3 nitrogen and oxygen atoms in total. The van der Waals surface area contributed by atoms with Gasteiger partial charge in [-0.05, 0) is 19.1 Å². The van der Waals surface area contributed by atoms with E-state index in [2.05, 4.69) is 4.90 Å². The predicted molar refractivity (Wildman–Crippen MR) is 68.1 cm³/mol. The van der Waals surface area contributed by atoms with E-state index in [0.717, 1.165) is 0 Å². The van der Waals surface area contributed by atoms with Gasteiger partial charge < -0.3 is 9.84 Å². The Bertz CT molecular complexity index is 416. The minimum atomic E-state index is -0.290. The van der Waals surface area contributed by atoms with Crippen LogP contribution in [0, 0.1) is 5.82 Å². The maximum Gasteiger partial charge on any atom is 0.129 e. The Morgan fingerprint density at radius 1 is 1.56 bits per heavy atom. The Morgan fingerprint density at radius 3 is 3.00 bits per heavy atom. The van der Waals surface area contributed by atoms with Crippen molar-refractivity contribution in [1.29, 1.82) is 0 Å². The molecule has 2 unspecified atom stereocenters. The largest absolute Gasteiger partial charge is 0.394 e. The molecule has 0 amide bonds. The highest BCUT2D eigenvalue weighted by molar-refractivity contribution is 6.30. The maximum absolute atomic E-state index is 13.7. The smallest absolute Gasteiger partial charge is 0.129 e. The summed E-state index contributed by atoms with van der Waals surface area (Å²) in [4.78, 5) is 2.11. The van der Waals surface area contributed by atoms with Crippen LogP contribution in [-0.2, 0) is 11.3 Å². The number of morpholine rings is 1. The lowest BCUT2D eigenvalue weighted by atomic mass is 10.1. The van der Waals surface area contributed by atoms with Gasteiger partial charge in [0, 0.05) is 29.7 Å². The molecule has 1 N–H and O–H groups in total. The summed E-state index contributed by atoms with van der Waals surface area (Å²) < 4.78 is 19.2. The molecular formula is C13H17ClFNO2. The van der Waals surface area contributed by atoms with Crippen molar-refractivity contribution < 1.29 is 14.2 Å². The number of nitrogens with zero attached hydrogens (tertiary/aromatic N) is 1. The van der Waals surface area contributed by atoms with Crippen LogP contribution in [0.15, 0.2) is 18.2 Å². The fourth-order valence-electron chi connectivity index (χ4n) is 2.07. The fourth-order valence-corrected chi connectivity index (χ4v) is 2.23. The molecule has 5 heteroatoms. The van der Waals surface area contributed by atoms with E-state index >= 15 is 0 Å². The van der Waals surface area contributed by atoms with Gasteiger partial charge in [0.25, 0.3) is 0 Å². The molecule has 1 aromatic rings. The molecule has 0 aliphatic carbocycles. The Balaban J connectivity index is 2.07. The quantitative estimate of drug-likeness (QED) is 0.915. The Labute approximate surface area is 111 Å². The second kappa shape index (κ2) is 5.97. The predicted octanol–water partition coefficient (Wildman–Crippen LogP) is 2.06. The zero-order valence-electron chi connectivity index (χ0n) is 10.3. The topological polar surface area (TPSA) is 32.7 Å². The number of hydrogen-bond acceptors (Lipinski definition) is 3. The van der Waals surface area contributed by atoms with Gasteiger partial charge in [-0.15, -0.1) is 0 Å². The van der Waals surface area contributed by atoms with Gasteiger partial charge in [0.05, 0.1) is 19.3 Å². The van der Waals surface area contributed by atoms with E-state index < -0.39 is 0 Å². The third-order valence-corrected chi connectivity index (χ3v) is 3.46. The molecule has 18 heavy (non-hydrogen) atoms. The van der Waals surface area contributed by atoms with E-state index in [-0.39, 0.29) is 24.6 Å². The van der Waals surface area contributed by atoms with E-state index in [0.29, 0.717) is 30.3 Å². The van der Waals surface area contributed by atoms with Gasteiger partial charge in [0.1, 0.15) is 5.82 Å². The summed E-state index contributed by atoms with van der Waals surface area (Å²) in [5, 5.41) is 9.51. The zero-order valence-corrected chi connectivity index (χ0v) is 11.0. The standard InChI is InChI=1S/C13H17ClFNO2/c1-9-8-18-12(7-17)6-16(9)5-10-2-3-11(14)4-13(10)15/h2-4,9,12,17H,5-8H2,1H3. The van der Waals surface area contributed by atoms with Crippen LogP contribution < -0.4 is 0 Å². The molecule has 1 aliphatic rings. The first-order valence-corrected chi connectivity index (χ1v) is 6.38. The van der Waals surface area contributed by atoms with Crippen molar-refractivity contribution in [3.05, 3.63) is 34.6 Å². The lowest BCUT2D eigenvalue weighted by Gasteiger charge is -2.37. The Morgan fingerprint density at radius 2 is 2.33 bits per heavy atom. The molecule has 2 atom stereocenters. The number of aliphatic hydroxyl groups is 1. The third kappa shape index (κ3) is 3.20. The van der Waals surface area contributed by atoms with E-state index in [4.69, 9.17) is 21.4 Å². The van der Waals surface area contributed by atoms with Gasteiger partial charge in [0.2, 0.25) is 0 Å². The van der Waals surface area contributed by atoms with Gasteiger partial charge in [-0.1, -0.05) is 17.7 Å². The van der Waals surface area contributed by atoms with Crippen LogP contribution in [0.1, 0.15) is 12.5 Å². The molecule has 1 saturated heterocycles. The van der Waals surface area contributed by atoms with Crippen LogP contribution in [0.4, 0.5) is 4.39 Å². The number of hydrogen-bond donors (Lipinski definition) is 1. The van der Waals surface area contributed by atoms with Gasteiger partial charge in [-0.2, -0.15) is 0 Å². The molecule has 1 heterocycles. The average molecular weight is 274 g/mol. The molecule has 2 rings (SSSR count). The summed E-state index contributed by atoms with van der Waals surface area (Å²) in [6.07, 6.45) is -0.184. The highest BCUT2D eigenvalue weighted by Crippen LogP contribution is 2.19. The Kier molecular flexibility index (Phi) is 4.56. The molecule has 1 aromatic carbocycles. The molecule has 0 radical (unpaired) electrons. The van der Waals surface area contributed by atoms with E-state index in [1.54, 1.807) is 12.1 Å². The number of halogens is 2. The first-order chi connectivity index (χ1) is 8.60. The second-order valence-electron chi connectivity index (χ2n) is 4.65. The van der Waals surface area contributed by atoms with Crippen molar-refractivity contribution in [1.82, 2.24) is 4.90 Å². The minimum Gasteiger partial charge on any atom is -0.394 e. The highest BCUT2D eigenvalue weighted by Gasteiger charge is 2.26. The summed E-state index contributed by atoms with van der Waals surface area (Å²) >= 11 is 5.73. The lowest BCUT2D eigenvalue weighted by Crippen LogP contribution is -2.48. The van der Waals surface area contributed by atoms with Crippen LogP contribution in [0.3, 0.4) is 0 Å². The number of ether oxygens (including phenoxy) is 1. The number of aliphatic hydroxyl groups excluding tert-OH is 1. The van der Waals surface area contributed by atoms with Crippen molar-refractivity contribution in [3.8, 4) is 0 Å². The van der Waals surface area contributed by atoms with Gasteiger partial charge in [-0.3, -0.25) is 4.90 Å². The van der Waals surface area contributed by atoms with Crippen molar-refractivity contribution in [2.45, 2.75) is 25.6 Å². The van der Waals surface area contributed by atoms with E-state index in [9.17, 15) is 4.39 Å². The van der Waals surface area contributed by atoms with Crippen molar-refractivity contribution in [2.75, 3.05) is 19.8 Å². The molecule has 0 spiro atoms. The molecule has 0 bridgehead atoms. The van der Waals surface area contributed by atoms with Crippen molar-refractivity contribution >= 4 is 11.6 Å². The average Bonchev–Trinajstić information content (AvgIpc) is 2.35. The summed E-state index contributed by atoms with van der Waals surface area (Å²) in [5.41, 5.74) is 0.616. The van der Waals surface area contributed by atoms with Crippen LogP contribution in [0.25, 0.3) is 0 Å². The molecule has 0 saturated carbocycles. The molecular weight excluding hydrogens is 257 g/mol. The summed E-state index contributed by atoms with van der Waals surface area (Å²) in [7, 11) is 0. The van der Waals surface area contributed by atoms with Gasteiger partial charge in [0.15, 0.2) is 0 Å². The third-order valence-electron chi connectivity index (χ3n) is 3.23. The summed E-state index contributed by atoms with van der Waals surface area (Å²) in [6, 6.07) is 4.93. The van der Waals surface area contributed by atoms with Crippen LogP contribution >= 0.6 is 11.6 Å². The first-order valence-electron chi connectivity index (χ1n) is 6.00. The van der Waals surface area contributed by atoms with E-state index in [1.165, 1.54) is 6.07 Å². The first kappa shape index (κ1) is 13.7. The molecule has 0 aromatic heterocycles. The zero-order chi connectivity index (χ0) is 13.1. The molecule has 1 fully saturated rings. The van der Waals surface area contributed by atoms with Crippen LogP contribution in [0.2, 0.25) is 5.02 Å². The number of rotatable bonds is 3. The summed E-state index contributed by atoms with van der Waals surface area (Å²) in [5.74, 6) is -0.290. The maximum atomic E-state index is 13.7.